The number of hydrogen-bond acceptors (Lipinski definition) is 4. The van der Waals surface area contributed by atoms with Crippen LogP contribution in [-0.4, -0.2) is 55.7 Å². The van der Waals surface area contributed by atoms with Crippen molar-refractivity contribution in [2.45, 2.75) is 45.8 Å². The molecular formula is C26H36ClN3O3. The normalized spacial score (nSPS) is 14.8. The molecule has 2 aromatic carbocycles. The lowest BCUT2D eigenvalue weighted by atomic mass is 10.0. The molecule has 1 fully saturated rings. The molecule has 1 heterocycles. The first kappa shape index (κ1) is 25.2. The molecule has 33 heavy (non-hydrogen) atoms. The van der Waals surface area contributed by atoms with Crippen LogP contribution in [0.25, 0.3) is 0 Å². The number of carbonyl (C=O) groups is 1. The molecule has 180 valence electrons. The molecule has 1 N–H and O–H groups in total. The summed E-state index contributed by atoms with van der Waals surface area (Å²) in [6.45, 7) is 7.81. The molecule has 0 atom stereocenters. The van der Waals surface area contributed by atoms with E-state index in [9.17, 15) is 4.79 Å². The highest BCUT2D eigenvalue weighted by molar-refractivity contribution is 6.31. The van der Waals surface area contributed by atoms with E-state index in [0.717, 1.165) is 42.8 Å². The Morgan fingerprint density at radius 2 is 1.82 bits per heavy atom. The molecule has 0 aromatic heterocycles. The number of methoxy groups -OCH3 is 1. The van der Waals surface area contributed by atoms with Gasteiger partial charge in [0.2, 0.25) is 0 Å². The van der Waals surface area contributed by atoms with Gasteiger partial charge in [0.15, 0.2) is 0 Å². The SMILES string of the molecule is COc1ccc(CN(C(=O)NCc2ccc(OCC(C)C)cc2)C2CCN(C)CC2)c(Cl)c1. The number of likely N-dealkylation sites (tertiary alicyclic amines) is 1. The summed E-state index contributed by atoms with van der Waals surface area (Å²) >= 11 is 6.49. The average Bonchev–Trinajstić information content (AvgIpc) is 2.81. The highest BCUT2D eigenvalue weighted by Crippen LogP contribution is 2.26. The summed E-state index contributed by atoms with van der Waals surface area (Å²) in [6, 6.07) is 13.6. The van der Waals surface area contributed by atoms with Gasteiger partial charge in [-0.15, -0.1) is 0 Å². The van der Waals surface area contributed by atoms with Crippen LogP contribution >= 0.6 is 11.6 Å². The van der Waals surface area contributed by atoms with Gasteiger partial charge in [0.1, 0.15) is 11.5 Å². The zero-order valence-electron chi connectivity index (χ0n) is 20.1. The van der Waals surface area contributed by atoms with Gasteiger partial charge in [-0.2, -0.15) is 0 Å². The van der Waals surface area contributed by atoms with Crippen molar-refractivity contribution in [1.82, 2.24) is 15.1 Å². The fourth-order valence-electron chi connectivity index (χ4n) is 3.89. The quantitative estimate of drug-likeness (QED) is 0.544. The molecular weight excluding hydrogens is 438 g/mol. The summed E-state index contributed by atoms with van der Waals surface area (Å²) in [4.78, 5) is 17.5. The number of nitrogens with zero attached hydrogens (tertiary/aromatic N) is 2. The third-order valence-electron chi connectivity index (χ3n) is 5.94. The van der Waals surface area contributed by atoms with Crippen molar-refractivity contribution in [3.05, 3.63) is 58.6 Å². The standard InChI is InChI=1S/C26H36ClN3O3/c1-19(2)18-33-23-8-5-20(6-9-23)16-28-26(31)30(22-11-13-29(3)14-12-22)17-21-7-10-24(32-4)15-25(21)27/h5-10,15,19,22H,11-14,16-18H2,1-4H3,(H,28,31). The van der Waals surface area contributed by atoms with Crippen LogP contribution in [-0.2, 0) is 13.1 Å². The third kappa shape index (κ3) is 7.54. The minimum absolute atomic E-state index is 0.0726. The first-order valence-electron chi connectivity index (χ1n) is 11.6. The number of nitrogens with one attached hydrogen (secondary N) is 1. The zero-order valence-corrected chi connectivity index (χ0v) is 20.9. The molecule has 0 saturated carbocycles. The topological polar surface area (TPSA) is 54.0 Å². The number of piperidine rings is 1. The van der Waals surface area contributed by atoms with Gasteiger partial charge >= 0.3 is 6.03 Å². The maximum Gasteiger partial charge on any atom is 0.318 e. The van der Waals surface area contributed by atoms with Crippen molar-refractivity contribution in [2.75, 3.05) is 33.9 Å². The highest BCUT2D eigenvalue weighted by atomic mass is 35.5. The number of rotatable bonds is 9. The van der Waals surface area contributed by atoms with Crippen molar-refractivity contribution in [3.63, 3.8) is 0 Å². The number of halogens is 1. The van der Waals surface area contributed by atoms with E-state index >= 15 is 0 Å². The fraction of sp³-hybridized carbons (Fsp3) is 0.500. The summed E-state index contributed by atoms with van der Waals surface area (Å²) in [5, 5.41) is 3.71. The molecule has 3 rings (SSSR count). The second-order valence-electron chi connectivity index (χ2n) is 9.13. The van der Waals surface area contributed by atoms with E-state index in [1.54, 1.807) is 13.2 Å². The Morgan fingerprint density at radius 1 is 1.15 bits per heavy atom. The van der Waals surface area contributed by atoms with Crippen LogP contribution in [0, 0.1) is 5.92 Å². The van der Waals surface area contributed by atoms with Crippen molar-refractivity contribution in [2.24, 2.45) is 5.92 Å². The van der Waals surface area contributed by atoms with Gasteiger partial charge in [-0.05, 0) is 74.3 Å². The summed E-state index contributed by atoms with van der Waals surface area (Å²) in [7, 11) is 3.74. The van der Waals surface area contributed by atoms with E-state index in [-0.39, 0.29) is 12.1 Å². The van der Waals surface area contributed by atoms with Gasteiger partial charge in [-0.3, -0.25) is 0 Å². The van der Waals surface area contributed by atoms with Crippen molar-refractivity contribution in [3.8, 4) is 11.5 Å². The predicted octanol–water partition coefficient (Wildman–Crippen LogP) is 5.19. The van der Waals surface area contributed by atoms with Crippen LogP contribution < -0.4 is 14.8 Å². The Balaban J connectivity index is 1.66. The summed E-state index contributed by atoms with van der Waals surface area (Å²) in [5.41, 5.74) is 1.95. The maximum atomic E-state index is 13.3. The molecule has 6 nitrogen and oxygen atoms in total. The molecule has 2 amide bonds. The summed E-state index contributed by atoms with van der Waals surface area (Å²) in [5.74, 6) is 2.04. The smallest absolute Gasteiger partial charge is 0.318 e. The molecule has 2 aromatic rings. The first-order valence-corrected chi connectivity index (χ1v) is 12.0. The first-order chi connectivity index (χ1) is 15.9. The van der Waals surface area contributed by atoms with Gasteiger partial charge < -0.3 is 24.6 Å². The van der Waals surface area contributed by atoms with E-state index in [1.807, 2.05) is 41.3 Å². The van der Waals surface area contributed by atoms with Crippen LogP contribution in [0.4, 0.5) is 4.79 Å². The number of urea groups is 1. The lowest BCUT2D eigenvalue weighted by Crippen LogP contribution is -2.49. The Labute approximate surface area is 202 Å². The molecule has 0 radical (unpaired) electrons. The predicted molar refractivity (Wildman–Crippen MR) is 133 cm³/mol. The van der Waals surface area contributed by atoms with Crippen LogP contribution in [0.3, 0.4) is 0 Å². The lowest BCUT2D eigenvalue weighted by molar-refractivity contribution is 0.127. The van der Waals surface area contributed by atoms with Crippen molar-refractivity contribution in [1.29, 1.82) is 0 Å². The molecule has 1 saturated heterocycles. The molecule has 0 bridgehead atoms. The van der Waals surface area contributed by atoms with Gasteiger partial charge in [0.05, 0.1) is 13.7 Å². The van der Waals surface area contributed by atoms with Crippen molar-refractivity contribution < 1.29 is 14.3 Å². The number of amides is 2. The zero-order chi connectivity index (χ0) is 23.8. The Kier molecular flexibility index (Phi) is 9.27. The Hall–Kier alpha value is -2.44. The van der Waals surface area contributed by atoms with E-state index in [1.165, 1.54) is 0 Å². The molecule has 0 unspecified atom stereocenters. The monoisotopic (exact) mass is 473 g/mol. The minimum atomic E-state index is -0.0726. The largest absolute Gasteiger partial charge is 0.497 e. The summed E-state index contributed by atoms with van der Waals surface area (Å²) < 4.78 is 11.0. The average molecular weight is 474 g/mol. The molecule has 0 aliphatic carbocycles. The molecule has 7 heteroatoms. The Bertz CT molecular complexity index is 896. The van der Waals surface area contributed by atoms with Crippen LogP contribution in [0.15, 0.2) is 42.5 Å². The molecule has 1 aliphatic rings. The third-order valence-corrected chi connectivity index (χ3v) is 6.29. The second-order valence-corrected chi connectivity index (χ2v) is 9.53. The number of hydrogen-bond donors (Lipinski definition) is 1. The van der Waals surface area contributed by atoms with Crippen LogP contribution in [0.1, 0.15) is 37.8 Å². The lowest BCUT2D eigenvalue weighted by Gasteiger charge is -2.37. The van der Waals surface area contributed by atoms with Crippen molar-refractivity contribution >= 4 is 17.6 Å². The molecule has 0 spiro atoms. The second kappa shape index (κ2) is 12.1. The van der Waals surface area contributed by atoms with E-state index < -0.39 is 0 Å². The molecule has 1 aliphatic heterocycles. The highest BCUT2D eigenvalue weighted by Gasteiger charge is 2.27. The van der Waals surface area contributed by atoms with Gasteiger partial charge in [-0.25, -0.2) is 4.79 Å². The Morgan fingerprint density at radius 3 is 2.42 bits per heavy atom. The van der Waals surface area contributed by atoms with Gasteiger partial charge in [0.25, 0.3) is 0 Å². The number of carbonyl (C=O) groups excluding carboxylic acids is 1. The number of benzene rings is 2. The summed E-state index contributed by atoms with van der Waals surface area (Å²) in [6.07, 6.45) is 1.89. The fourth-order valence-corrected chi connectivity index (χ4v) is 4.12. The van der Waals surface area contributed by atoms with Gasteiger partial charge in [0, 0.05) is 24.2 Å². The number of ether oxygens (including phenoxy) is 2. The minimum Gasteiger partial charge on any atom is -0.497 e. The van der Waals surface area contributed by atoms with Crippen LogP contribution in [0.5, 0.6) is 11.5 Å². The van der Waals surface area contributed by atoms with Gasteiger partial charge in [-0.1, -0.05) is 43.6 Å². The van der Waals surface area contributed by atoms with E-state index in [4.69, 9.17) is 21.1 Å². The van der Waals surface area contributed by atoms with Crippen LogP contribution in [0.2, 0.25) is 5.02 Å². The van der Waals surface area contributed by atoms with E-state index in [2.05, 4.69) is 31.1 Å². The maximum absolute atomic E-state index is 13.3. The van der Waals surface area contributed by atoms with E-state index in [0.29, 0.717) is 36.4 Å².